The van der Waals surface area contributed by atoms with Crippen LogP contribution >= 0.6 is 11.8 Å². The highest BCUT2D eigenvalue weighted by molar-refractivity contribution is 7.99. The lowest BCUT2D eigenvalue weighted by Crippen LogP contribution is -2.41. The molecule has 1 fully saturated rings. The molecule has 0 bridgehead atoms. The number of ether oxygens (including phenoxy) is 1. The zero-order valence-electron chi connectivity index (χ0n) is 13.8. The fourth-order valence-electron chi connectivity index (χ4n) is 2.78. The van der Waals surface area contributed by atoms with Gasteiger partial charge in [0, 0.05) is 25.5 Å². The van der Waals surface area contributed by atoms with Gasteiger partial charge < -0.3 is 18.6 Å². The van der Waals surface area contributed by atoms with E-state index in [0.29, 0.717) is 48.8 Å². The van der Waals surface area contributed by atoms with Crippen LogP contribution in [0.1, 0.15) is 0 Å². The van der Waals surface area contributed by atoms with Crippen molar-refractivity contribution in [3.8, 4) is 11.6 Å². The van der Waals surface area contributed by atoms with Crippen LogP contribution in [0.3, 0.4) is 0 Å². The number of fused-ring (bicyclic) bond motifs is 1. The van der Waals surface area contributed by atoms with Crippen LogP contribution < -0.4 is 0 Å². The van der Waals surface area contributed by atoms with Gasteiger partial charge >= 0.3 is 0 Å². The highest BCUT2D eigenvalue weighted by Crippen LogP contribution is 2.28. The van der Waals surface area contributed by atoms with E-state index >= 15 is 0 Å². The number of carbonyl (C=O) groups is 1. The summed E-state index contributed by atoms with van der Waals surface area (Å²) in [7, 11) is 1.88. The molecule has 1 saturated heterocycles. The lowest BCUT2D eigenvalue weighted by Gasteiger charge is -2.26. The number of nitrogens with zero attached hydrogens (tertiary/aromatic N) is 4. The number of hydrogen-bond donors (Lipinski definition) is 0. The Morgan fingerprint density at radius 1 is 1.24 bits per heavy atom. The van der Waals surface area contributed by atoms with Gasteiger partial charge in [-0.3, -0.25) is 4.79 Å². The summed E-state index contributed by atoms with van der Waals surface area (Å²) in [5.41, 5.74) is 0.817. The van der Waals surface area contributed by atoms with E-state index in [4.69, 9.17) is 9.15 Å². The highest BCUT2D eigenvalue weighted by Gasteiger charge is 2.20. The lowest BCUT2D eigenvalue weighted by atomic mass is 10.2. The molecule has 0 N–H and O–H groups in total. The van der Waals surface area contributed by atoms with Gasteiger partial charge in [-0.25, -0.2) is 0 Å². The van der Waals surface area contributed by atoms with Crippen molar-refractivity contribution >= 4 is 28.6 Å². The molecule has 25 heavy (non-hydrogen) atoms. The third-order valence-corrected chi connectivity index (χ3v) is 5.17. The van der Waals surface area contributed by atoms with Crippen molar-refractivity contribution in [3.05, 3.63) is 30.3 Å². The molecule has 8 heteroatoms. The van der Waals surface area contributed by atoms with Crippen LogP contribution in [-0.4, -0.2) is 57.6 Å². The quantitative estimate of drug-likeness (QED) is 0.666. The number of para-hydroxylation sites is 1. The van der Waals surface area contributed by atoms with Gasteiger partial charge in [0.15, 0.2) is 16.7 Å². The molecule has 1 amide bonds. The monoisotopic (exact) mass is 358 g/mol. The first kappa shape index (κ1) is 16.2. The van der Waals surface area contributed by atoms with Gasteiger partial charge in [0.2, 0.25) is 5.91 Å². The Kier molecular flexibility index (Phi) is 4.46. The fourth-order valence-corrected chi connectivity index (χ4v) is 3.59. The Bertz CT molecular complexity index is 865. The molecule has 0 unspecified atom stereocenters. The molecular weight excluding hydrogens is 340 g/mol. The molecule has 0 radical (unpaired) electrons. The summed E-state index contributed by atoms with van der Waals surface area (Å²) in [6.45, 7) is 2.53. The van der Waals surface area contributed by atoms with Crippen molar-refractivity contribution < 1.29 is 13.9 Å². The Hall–Kier alpha value is -2.32. The van der Waals surface area contributed by atoms with E-state index in [2.05, 4.69) is 10.2 Å². The van der Waals surface area contributed by atoms with Gasteiger partial charge in [-0.2, -0.15) is 0 Å². The molecule has 0 atom stereocenters. The molecule has 1 aromatic carbocycles. The molecule has 0 aliphatic carbocycles. The normalized spacial score (nSPS) is 15.0. The maximum atomic E-state index is 12.3. The highest BCUT2D eigenvalue weighted by atomic mass is 32.2. The van der Waals surface area contributed by atoms with Crippen LogP contribution in [0.4, 0.5) is 0 Å². The Balaban J connectivity index is 1.48. The molecule has 0 saturated carbocycles. The lowest BCUT2D eigenvalue weighted by molar-refractivity contribution is -0.132. The van der Waals surface area contributed by atoms with Gasteiger partial charge in [-0.1, -0.05) is 30.0 Å². The van der Waals surface area contributed by atoms with E-state index in [0.717, 1.165) is 11.0 Å². The Morgan fingerprint density at radius 3 is 2.84 bits per heavy atom. The first-order valence-corrected chi connectivity index (χ1v) is 9.07. The van der Waals surface area contributed by atoms with Crippen molar-refractivity contribution in [2.24, 2.45) is 7.05 Å². The average Bonchev–Trinajstić information content (AvgIpc) is 3.23. The number of aromatic nitrogens is 3. The summed E-state index contributed by atoms with van der Waals surface area (Å²) in [4.78, 5) is 14.1. The standard InChI is InChI=1S/C17H18N4O3S/c1-20-16(14-10-12-4-2-3-5-13(12)24-14)18-19-17(20)25-11-15(22)21-6-8-23-9-7-21/h2-5,10H,6-9,11H2,1H3. The number of carbonyl (C=O) groups excluding carboxylic acids is 1. The van der Waals surface area contributed by atoms with Crippen LogP contribution in [0, 0.1) is 0 Å². The van der Waals surface area contributed by atoms with Crippen LogP contribution in [0.5, 0.6) is 0 Å². The van der Waals surface area contributed by atoms with Crippen LogP contribution in [0.15, 0.2) is 39.9 Å². The van der Waals surface area contributed by atoms with Crippen LogP contribution in [0.2, 0.25) is 0 Å². The molecule has 130 valence electrons. The Labute approximate surface area is 148 Å². The molecule has 2 aromatic heterocycles. The molecular formula is C17H18N4O3S. The molecule has 0 spiro atoms. The number of furan rings is 1. The molecule has 7 nitrogen and oxygen atoms in total. The molecule has 3 aromatic rings. The third kappa shape index (κ3) is 3.27. The largest absolute Gasteiger partial charge is 0.453 e. The summed E-state index contributed by atoms with van der Waals surface area (Å²) >= 11 is 1.39. The fraction of sp³-hybridized carbons (Fsp3) is 0.353. The minimum Gasteiger partial charge on any atom is -0.453 e. The maximum Gasteiger partial charge on any atom is 0.233 e. The molecule has 3 heterocycles. The number of thioether (sulfide) groups is 1. The summed E-state index contributed by atoms with van der Waals surface area (Å²) in [5.74, 6) is 1.76. The predicted octanol–water partition coefficient (Wildman–Crippen LogP) is 2.18. The molecule has 1 aliphatic heterocycles. The van der Waals surface area contributed by atoms with E-state index in [-0.39, 0.29) is 5.91 Å². The summed E-state index contributed by atoms with van der Waals surface area (Å²) < 4.78 is 13.0. The predicted molar refractivity (Wildman–Crippen MR) is 94.3 cm³/mol. The molecule has 4 rings (SSSR count). The SMILES string of the molecule is Cn1c(SCC(=O)N2CCOCC2)nnc1-c1cc2ccccc2o1. The van der Waals surface area contributed by atoms with E-state index in [1.807, 2.05) is 46.8 Å². The van der Waals surface area contributed by atoms with Crippen molar-refractivity contribution in [3.63, 3.8) is 0 Å². The zero-order chi connectivity index (χ0) is 17.2. The van der Waals surface area contributed by atoms with Crippen molar-refractivity contribution in [2.45, 2.75) is 5.16 Å². The van der Waals surface area contributed by atoms with E-state index < -0.39 is 0 Å². The minimum atomic E-state index is 0.0987. The summed E-state index contributed by atoms with van der Waals surface area (Å²) in [6, 6.07) is 9.77. The third-order valence-electron chi connectivity index (χ3n) is 4.17. The number of morpholine rings is 1. The smallest absolute Gasteiger partial charge is 0.233 e. The minimum absolute atomic E-state index is 0.0987. The number of rotatable bonds is 4. The second-order valence-corrected chi connectivity index (χ2v) is 6.74. The topological polar surface area (TPSA) is 73.4 Å². The van der Waals surface area contributed by atoms with Crippen LogP contribution in [-0.2, 0) is 16.6 Å². The summed E-state index contributed by atoms with van der Waals surface area (Å²) in [5, 5.41) is 10.1. The van der Waals surface area contributed by atoms with E-state index in [1.165, 1.54) is 11.8 Å². The van der Waals surface area contributed by atoms with Gasteiger partial charge in [-0.15, -0.1) is 10.2 Å². The maximum absolute atomic E-state index is 12.3. The van der Waals surface area contributed by atoms with Gasteiger partial charge in [-0.05, 0) is 12.1 Å². The first-order chi connectivity index (χ1) is 12.2. The average molecular weight is 358 g/mol. The van der Waals surface area contributed by atoms with Crippen molar-refractivity contribution in [2.75, 3.05) is 32.1 Å². The van der Waals surface area contributed by atoms with E-state index in [1.54, 1.807) is 0 Å². The summed E-state index contributed by atoms with van der Waals surface area (Å²) in [6.07, 6.45) is 0. The van der Waals surface area contributed by atoms with Crippen molar-refractivity contribution in [1.29, 1.82) is 0 Å². The van der Waals surface area contributed by atoms with Gasteiger partial charge in [0.25, 0.3) is 0 Å². The zero-order valence-corrected chi connectivity index (χ0v) is 14.7. The second-order valence-electron chi connectivity index (χ2n) is 5.80. The van der Waals surface area contributed by atoms with Crippen LogP contribution in [0.25, 0.3) is 22.6 Å². The van der Waals surface area contributed by atoms with Gasteiger partial charge in [0.1, 0.15) is 5.58 Å². The molecule has 1 aliphatic rings. The van der Waals surface area contributed by atoms with Crippen molar-refractivity contribution in [1.82, 2.24) is 19.7 Å². The van der Waals surface area contributed by atoms with E-state index in [9.17, 15) is 4.79 Å². The first-order valence-electron chi connectivity index (χ1n) is 8.09. The Morgan fingerprint density at radius 2 is 2.04 bits per heavy atom. The number of benzene rings is 1. The number of amides is 1. The number of hydrogen-bond acceptors (Lipinski definition) is 6. The second kappa shape index (κ2) is 6.89. The van der Waals surface area contributed by atoms with Gasteiger partial charge in [0.05, 0.1) is 19.0 Å².